The molecule has 168 valence electrons. The lowest BCUT2D eigenvalue weighted by Crippen LogP contribution is -2.48. The van der Waals surface area contributed by atoms with Crippen molar-refractivity contribution in [2.75, 3.05) is 31.1 Å². The quantitative estimate of drug-likeness (QED) is 0.756. The number of nitrogens with one attached hydrogen (secondary N) is 1. The number of benzene rings is 1. The average molecular weight is 424 g/mol. The minimum Gasteiger partial charge on any atom is -0.386 e. The predicted molar refractivity (Wildman–Crippen MR) is 123 cm³/mol. The van der Waals surface area contributed by atoms with Gasteiger partial charge in [0.05, 0.1) is 5.60 Å². The molecule has 3 heterocycles. The van der Waals surface area contributed by atoms with Crippen molar-refractivity contribution in [3.63, 3.8) is 0 Å². The molecule has 31 heavy (non-hydrogen) atoms. The Labute approximate surface area is 186 Å². The van der Waals surface area contributed by atoms with E-state index in [-0.39, 0.29) is 0 Å². The van der Waals surface area contributed by atoms with Gasteiger partial charge in [-0.3, -0.25) is 10.00 Å². The average Bonchev–Trinajstić information content (AvgIpc) is 3.22. The van der Waals surface area contributed by atoms with Crippen LogP contribution in [0.1, 0.15) is 87.8 Å². The fourth-order valence-electron chi connectivity index (χ4n) is 5.46. The first-order valence-electron chi connectivity index (χ1n) is 12.2. The summed E-state index contributed by atoms with van der Waals surface area (Å²) in [4.78, 5) is 10.1. The third-order valence-electron chi connectivity index (χ3n) is 7.73. The Kier molecular flexibility index (Phi) is 5.78. The molecule has 3 aliphatic rings. The van der Waals surface area contributed by atoms with Crippen LogP contribution in [0.5, 0.6) is 0 Å². The summed E-state index contributed by atoms with van der Waals surface area (Å²) in [6, 6.07) is 9.07. The van der Waals surface area contributed by atoms with Crippen LogP contribution < -0.4 is 4.90 Å². The van der Waals surface area contributed by atoms with Gasteiger partial charge >= 0.3 is 0 Å². The van der Waals surface area contributed by atoms with Crippen molar-refractivity contribution in [1.29, 1.82) is 0 Å². The van der Waals surface area contributed by atoms with E-state index in [2.05, 4.69) is 38.2 Å². The molecular formula is C25H37N5O. The summed E-state index contributed by atoms with van der Waals surface area (Å²) in [5, 5.41) is 18.2. The zero-order valence-electron chi connectivity index (χ0n) is 19.1. The smallest absolute Gasteiger partial charge is 0.155 e. The highest BCUT2D eigenvalue weighted by Crippen LogP contribution is 2.36. The molecule has 6 heteroatoms. The number of likely N-dealkylation sites (tertiary alicyclic amines) is 1. The van der Waals surface area contributed by atoms with Gasteiger partial charge in [-0.15, -0.1) is 0 Å². The molecule has 0 amide bonds. The molecule has 2 N–H and O–H groups in total. The van der Waals surface area contributed by atoms with Crippen molar-refractivity contribution in [2.45, 2.75) is 82.3 Å². The van der Waals surface area contributed by atoms with E-state index >= 15 is 0 Å². The van der Waals surface area contributed by atoms with Crippen LogP contribution in [0.25, 0.3) is 0 Å². The SMILES string of the molecule is CC(C)(O)c1cccc(N2CCC(N3CCCC(c4n[nH]c(C5CCC5)n4)C3)CC2)c1. The summed E-state index contributed by atoms with van der Waals surface area (Å²) in [5.41, 5.74) is 1.42. The molecule has 1 aromatic heterocycles. The zero-order chi connectivity index (χ0) is 21.4. The Hall–Kier alpha value is -1.92. The highest BCUT2D eigenvalue weighted by Gasteiger charge is 2.32. The maximum absolute atomic E-state index is 10.4. The normalized spacial score (nSPS) is 24.4. The number of anilines is 1. The molecule has 0 bridgehead atoms. The molecular weight excluding hydrogens is 386 g/mol. The van der Waals surface area contributed by atoms with Crippen molar-refractivity contribution in [1.82, 2.24) is 20.1 Å². The van der Waals surface area contributed by atoms with E-state index < -0.39 is 5.60 Å². The third kappa shape index (κ3) is 4.51. The van der Waals surface area contributed by atoms with Gasteiger partial charge in [-0.05, 0) is 76.6 Å². The Morgan fingerprint density at radius 3 is 2.48 bits per heavy atom. The van der Waals surface area contributed by atoms with Gasteiger partial charge in [-0.25, -0.2) is 4.98 Å². The van der Waals surface area contributed by atoms with Crippen LogP contribution in [0.4, 0.5) is 5.69 Å². The number of piperidine rings is 2. The van der Waals surface area contributed by atoms with Gasteiger partial charge in [0.15, 0.2) is 5.82 Å². The maximum Gasteiger partial charge on any atom is 0.155 e. The van der Waals surface area contributed by atoms with E-state index in [1.807, 2.05) is 19.9 Å². The molecule has 0 spiro atoms. The number of rotatable bonds is 5. The monoisotopic (exact) mass is 423 g/mol. The van der Waals surface area contributed by atoms with Crippen molar-refractivity contribution >= 4 is 5.69 Å². The van der Waals surface area contributed by atoms with Crippen molar-refractivity contribution in [3.8, 4) is 0 Å². The van der Waals surface area contributed by atoms with Gasteiger partial charge in [-0.2, -0.15) is 5.10 Å². The van der Waals surface area contributed by atoms with E-state index in [0.717, 1.165) is 36.8 Å². The summed E-state index contributed by atoms with van der Waals surface area (Å²) >= 11 is 0. The van der Waals surface area contributed by atoms with Crippen molar-refractivity contribution < 1.29 is 5.11 Å². The van der Waals surface area contributed by atoms with Crippen LogP contribution in [0.15, 0.2) is 24.3 Å². The van der Waals surface area contributed by atoms with Crippen LogP contribution in [-0.4, -0.2) is 57.4 Å². The van der Waals surface area contributed by atoms with Gasteiger partial charge in [0.2, 0.25) is 0 Å². The summed E-state index contributed by atoms with van der Waals surface area (Å²) in [5.74, 6) is 3.27. The molecule has 2 aromatic rings. The van der Waals surface area contributed by atoms with Gasteiger partial charge in [0.1, 0.15) is 5.82 Å². The zero-order valence-corrected chi connectivity index (χ0v) is 19.1. The number of aromatic nitrogens is 3. The Morgan fingerprint density at radius 2 is 1.77 bits per heavy atom. The second kappa shape index (κ2) is 8.55. The standard InChI is InChI=1S/C25H37N5O/c1-25(2,31)20-9-4-10-22(16-20)29-14-11-21(12-15-29)30-13-5-8-19(17-30)24-26-23(27-28-24)18-6-3-7-18/h4,9-10,16,18-19,21,31H,3,5-8,11-15,17H2,1-2H3,(H,26,27,28). The molecule has 2 aliphatic heterocycles. The second-order valence-corrected chi connectivity index (χ2v) is 10.4. The van der Waals surface area contributed by atoms with E-state index in [1.165, 1.54) is 57.2 Å². The lowest BCUT2D eigenvalue weighted by molar-refractivity contribution is 0.0786. The number of aromatic amines is 1. The number of nitrogens with zero attached hydrogens (tertiary/aromatic N) is 4. The first-order valence-corrected chi connectivity index (χ1v) is 12.2. The Bertz CT molecular complexity index is 876. The van der Waals surface area contributed by atoms with Gasteiger partial charge in [0, 0.05) is 43.2 Å². The molecule has 0 radical (unpaired) electrons. The molecule has 3 fully saturated rings. The van der Waals surface area contributed by atoms with E-state index in [0.29, 0.717) is 17.9 Å². The minimum absolute atomic E-state index is 0.473. The lowest BCUT2D eigenvalue weighted by atomic mass is 9.85. The van der Waals surface area contributed by atoms with Gasteiger partial charge < -0.3 is 10.0 Å². The maximum atomic E-state index is 10.4. The highest BCUT2D eigenvalue weighted by molar-refractivity contribution is 5.50. The Morgan fingerprint density at radius 1 is 1.00 bits per heavy atom. The fourth-order valence-corrected chi connectivity index (χ4v) is 5.46. The Balaban J connectivity index is 1.18. The van der Waals surface area contributed by atoms with E-state index in [1.54, 1.807) is 0 Å². The van der Waals surface area contributed by atoms with E-state index in [9.17, 15) is 5.11 Å². The van der Waals surface area contributed by atoms with Crippen LogP contribution in [-0.2, 0) is 5.60 Å². The first-order chi connectivity index (χ1) is 15.0. The summed E-state index contributed by atoms with van der Waals surface area (Å²) in [6.07, 6.45) is 8.71. The largest absolute Gasteiger partial charge is 0.386 e. The molecule has 1 aromatic carbocycles. The van der Waals surface area contributed by atoms with Crippen LogP contribution in [0.2, 0.25) is 0 Å². The van der Waals surface area contributed by atoms with Crippen molar-refractivity contribution in [2.24, 2.45) is 0 Å². The molecule has 2 saturated heterocycles. The number of H-pyrrole nitrogens is 1. The third-order valence-corrected chi connectivity index (χ3v) is 7.73. The van der Waals surface area contributed by atoms with Crippen LogP contribution in [0, 0.1) is 0 Å². The number of hydrogen-bond acceptors (Lipinski definition) is 5. The predicted octanol–water partition coefficient (Wildman–Crippen LogP) is 4.15. The first kappa shape index (κ1) is 21.0. The fraction of sp³-hybridized carbons (Fsp3) is 0.680. The molecule has 5 rings (SSSR count). The van der Waals surface area contributed by atoms with E-state index in [4.69, 9.17) is 4.98 Å². The van der Waals surface area contributed by atoms with Gasteiger partial charge in [-0.1, -0.05) is 18.6 Å². The molecule has 1 atom stereocenters. The minimum atomic E-state index is -0.796. The molecule has 6 nitrogen and oxygen atoms in total. The highest BCUT2D eigenvalue weighted by atomic mass is 16.3. The molecule has 1 aliphatic carbocycles. The summed E-state index contributed by atoms with van der Waals surface area (Å²) < 4.78 is 0. The molecule has 1 saturated carbocycles. The number of hydrogen-bond donors (Lipinski definition) is 2. The number of aliphatic hydroxyl groups is 1. The second-order valence-electron chi connectivity index (χ2n) is 10.4. The van der Waals surface area contributed by atoms with Crippen LogP contribution in [0.3, 0.4) is 0 Å². The summed E-state index contributed by atoms with van der Waals surface area (Å²) in [7, 11) is 0. The van der Waals surface area contributed by atoms with Crippen molar-refractivity contribution in [3.05, 3.63) is 41.5 Å². The van der Waals surface area contributed by atoms with Crippen LogP contribution >= 0.6 is 0 Å². The summed E-state index contributed by atoms with van der Waals surface area (Å²) in [6.45, 7) is 8.17. The topological polar surface area (TPSA) is 68.3 Å². The molecule has 1 unspecified atom stereocenters. The lowest BCUT2D eigenvalue weighted by Gasteiger charge is -2.42. The van der Waals surface area contributed by atoms with Gasteiger partial charge in [0.25, 0.3) is 0 Å².